The van der Waals surface area contributed by atoms with E-state index < -0.39 is 21.6 Å². The number of rotatable bonds is 5. The second-order valence-electron chi connectivity index (χ2n) is 4.23. The molecule has 110 valence electrons. The van der Waals surface area contributed by atoms with Crippen LogP contribution in [0.4, 0.5) is 5.69 Å². The monoisotopic (exact) mass is 364 g/mol. The largest absolute Gasteiger partial charge is 0.746 e. The van der Waals surface area contributed by atoms with Crippen LogP contribution in [0.25, 0.3) is 0 Å². The molecule has 0 bridgehead atoms. The molecule has 0 saturated carbocycles. The van der Waals surface area contributed by atoms with Gasteiger partial charge < -0.3 is 9.11 Å². The van der Waals surface area contributed by atoms with E-state index in [1.807, 2.05) is 0 Å². The number of unbranched alkanes of at least 4 members (excludes halogenated alkanes) is 1. The normalized spacial score (nSPS) is 24.4. The molecule has 0 spiro atoms. The summed E-state index contributed by atoms with van der Waals surface area (Å²) in [5.74, 6) is -0.606. The molecule has 1 aromatic carbocycles. The molecule has 2 N–H and O–H groups in total. The van der Waals surface area contributed by atoms with Gasteiger partial charge in [-0.2, -0.15) is 0 Å². The molecule has 9 heteroatoms. The van der Waals surface area contributed by atoms with Crippen molar-refractivity contribution < 1.29 is 24.0 Å². The summed E-state index contributed by atoms with van der Waals surface area (Å²) in [6.45, 7) is 0.109. The highest BCUT2D eigenvalue weighted by Crippen LogP contribution is 2.61. The number of carbonyl (C=O) groups is 1. The number of alkyl halides is 1. The fourth-order valence-corrected chi connectivity index (χ4v) is 4.23. The lowest BCUT2D eigenvalue weighted by Gasteiger charge is -2.48. The lowest BCUT2D eigenvalue weighted by Crippen LogP contribution is -2.28. The topological polar surface area (TPSA) is 104 Å². The van der Waals surface area contributed by atoms with Crippen LogP contribution in [-0.4, -0.2) is 41.3 Å². The maximum absolute atomic E-state index is 12.4. The summed E-state index contributed by atoms with van der Waals surface area (Å²) in [5, 5.41) is 9.74. The SMILES string of the molecule is O=C1c2cccc([N+](=O)O)c2S([O-])(O)N1CCCCBr. The lowest BCUT2D eigenvalue weighted by atomic mass is 10.2. The minimum absolute atomic E-state index is 0.0243. The van der Waals surface area contributed by atoms with Crippen LogP contribution in [0.2, 0.25) is 0 Å². The first kappa shape index (κ1) is 15.2. The molecule has 20 heavy (non-hydrogen) atoms. The molecular formula is C11H13BrN2O5S. The van der Waals surface area contributed by atoms with Gasteiger partial charge >= 0.3 is 5.69 Å². The molecule has 0 aliphatic carbocycles. The smallest absolute Gasteiger partial charge is 0.338 e. The zero-order valence-electron chi connectivity index (χ0n) is 10.4. The third kappa shape index (κ3) is 2.41. The van der Waals surface area contributed by atoms with Gasteiger partial charge in [-0.3, -0.25) is 9.10 Å². The van der Waals surface area contributed by atoms with Gasteiger partial charge in [0.25, 0.3) is 10.8 Å². The molecule has 0 fully saturated rings. The summed E-state index contributed by atoms with van der Waals surface area (Å²) in [6.07, 6.45) is 1.30. The number of benzene rings is 1. The second-order valence-corrected chi connectivity index (χ2v) is 6.86. The molecule has 0 aromatic heterocycles. The van der Waals surface area contributed by atoms with Crippen molar-refractivity contribution in [2.24, 2.45) is 0 Å². The number of nitrogens with zero attached hydrogens (tertiary/aromatic N) is 2. The molecule has 0 radical (unpaired) electrons. The fraction of sp³-hybridized carbons (Fsp3) is 0.364. The highest BCUT2D eigenvalue weighted by molar-refractivity contribution is 9.09. The van der Waals surface area contributed by atoms with E-state index in [-0.39, 0.29) is 22.7 Å². The Balaban J connectivity index is 2.42. The Morgan fingerprint density at radius 1 is 1.40 bits per heavy atom. The average molecular weight is 365 g/mol. The minimum atomic E-state index is -3.83. The highest BCUT2D eigenvalue weighted by atomic mass is 79.9. The number of carbonyl (C=O) groups excluding carboxylic acids is 1. The number of hydrogen-bond acceptors (Lipinski definition) is 4. The minimum Gasteiger partial charge on any atom is -0.746 e. The molecule has 0 saturated heterocycles. The summed E-state index contributed by atoms with van der Waals surface area (Å²) in [7, 11) is -3.83. The average Bonchev–Trinajstić information content (AvgIpc) is 2.59. The predicted octanol–water partition coefficient (Wildman–Crippen LogP) is 2.80. The maximum atomic E-state index is 12.4. The van der Waals surface area contributed by atoms with Gasteiger partial charge in [-0.1, -0.05) is 22.0 Å². The van der Waals surface area contributed by atoms with Crippen LogP contribution in [0.5, 0.6) is 0 Å². The van der Waals surface area contributed by atoms with Crippen molar-refractivity contribution in [3.8, 4) is 0 Å². The lowest BCUT2D eigenvalue weighted by molar-refractivity contribution is -0.731. The van der Waals surface area contributed by atoms with Crippen LogP contribution in [0.1, 0.15) is 23.2 Å². The Morgan fingerprint density at radius 2 is 2.10 bits per heavy atom. The Morgan fingerprint density at radius 3 is 2.70 bits per heavy atom. The summed E-state index contributed by atoms with van der Waals surface area (Å²) in [4.78, 5) is 22.4. The van der Waals surface area contributed by atoms with Gasteiger partial charge in [-0.15, -0.1) is 0 Å². The highest BCUT2D eigenvalue weighted by Gasteiger charge is 2.42. The Kier molecular flexibility index (Phi) is 4.33. The van der Waals surface area contributed by atoms with E-state index >= 15 is 0 Å². The summed E-state index contributed by atoms with van der Waals surface area (Å²) < 4.78 is 23.4. The first-order valence-electron chi connectivity index (χ1n) is 5.85. The van der Waals surface area contributed by atoms with Crippen LogP contribution < -0.4 is 0 Å². The van der Waals surface area contributed by atoms with Crippen molar-refractivity contribution in [1.29, 1.82) is 0 Å². The van der Waals surface area contributed by atoms with Gasteiger partial charge in [0.2, 0.25) is 0 Å². The van der Waals surface area contributed by atoms with E-state index in [4.69, 9.17) is 5.21 Å². The molecule has 1 aliphatic heterocycles. The van der Waals surface area contributed by atoms with E-state index in [2.05, 4.69) is 15.9 Å². The van der Waals surface area contributed by atoms with Crippen LogP contribution >= 0.6 is 26.7 Å². The Labute approximate surface area is 125 Å². The third-order valence-electron chi connectivity index (χ3n) is 2.97. The van der Waals surface area contributed by atoms with Crippen molar-refractivity contribution in [2.75, 3.05) is 11.9 Å². The molecule has 2 rings (SSSR count). The van der Waals surface area contributed by atoms with Crippen molar-refractivity contribution in [1.82, 2.24) is 4.31 Å². The van der Waals surface area contributed by atoms with Crippen LogP contribution in [0.15, 0.2) is 23.1 Å². The van der Waals surface area contributed by atoms with Gasteiger partial charge in [0, 0.05) is 17.9 Å². The van der Waals surface area contributed by atoms with Crippen molar-refractivity contribution in [2.45, 2.75) is 17.7 Å². The number of amides is 1. The van der Waals surface area contributed by atoms with E-state index in [0.717, 1.165) is 16.1 Å². The zero-order valence-corrected chi connectivity index (χ0v) is 12.8. The first-order valence-corrected chi connectivity index (χ1v) is 8.44. The van der Waals surface area contributed by atoms with E-state index in [9.17, 15) is 18.8 Å². The second kappa shape index (κ2) is 5.68. The molecule has 1 heterocycles. The molecule has 1 aliphatic rings. The standard InChI is InChI=1S/C11H13BrN2O5S/c12-6-1-2-7-13-11(15)8-4-3-5-9(14(16)17)10(8)20(13,18)19/h3-5H,1-2,6-7H2,(H2-,16,17,18,19). The summed E-state index contributed by atoms with van der Waals surface area (Å²) >= 11 is 3.24. The summed E-state index contributed by atoms with van der Waals surface area (Å²) in [5.41, 5.74) is -0.407. The molecular weight excluding hydrogens is 352 g/mol. The summed E-state index contributed by atoms with van der Waals surface area (Å²) in [6, 6.07) is 3.94. The van der Waals surface area contributed by atoms with Crippen LogP contribution in [0, 0.1) is 4.91 Å². The van der Waals surface area contributed by atoms with Gasteiger partial charge in [-0.25, -0.2) is 16.0 Å². The fourth-order valence-electron chi connectivity index (χ4n) is 2.06. The molecule has 1 unspecified atom stereocenters. The van der Waals surface area contributed by atoms with Gasteiger partial charge in [0.1, 0.15) is 4.90 Å². The Hall–Kier alpha value is -1.16. The number of fused-ring (bicyclic) bond motifs is 1. The van der Waals surface area contributed by atoms with Crippen LogP contribution in [-0.2, 0) is 0 Å². The van der Waals surface area contributed by atoms with E-state index in [1.165, 1.54) is 18.2 Å². The molecule has 1 atom stereocenters. The van der Waals surface area contributed by atoms with E-state index in [0.29, 0.717) is 6.42 Å². The Bertz CT molecular complexity index is 566. The molecule has 1 amide bonds. The first-order chi connectivity index (χ1) is 9.41. The number of hydrogen-bond donors (Lipinski definition) is 2. The quantitative estimate of drug-likeness (QED) is 0.474. The number of halogens is 1. The third-order valence-corrected chi connectivity index (χ3v) is 5.43. The zero-order chi connectivity index (χ0) is 14.9. The van der Waals surface area contributed by atoms with Crippen molar-refractivity contribution >= 4 is 38.3 Å². The van der Waals surface area contributed by atoms with Crippen molar-refractivity contribution in [3.63, 3.8) is 0 Å². The van der Waals surface area contributed by atoms with Crippen LogP contribution in [0.3, 0.4) is 0 Å². The van der Waals surface area contributed by atoms with E-state index in [1.54, 1.807) is 0 Å². The maximum Gasteiger partial charge on any atom is 0.338 e. The molecule has 1 aromatic rings. The van der Waals surface area contributed by atoms with Gasteiger partial charge in [0.15, 0.2) is 0 Å². The van der Waals surface area contributed by atoms with Crippen molar-refractivity contribution in [3.05, 3.63) is 28.7 Å². The molecule has 7 nitrogen and oxygen atoms in total. The van der Waals surface area contributed by atoms with Gasteiger partial charge in [0.05, 0.1) is 10.5 Å². The predicted molar refractivity (Wildman–Crippen MR) is 74.8 cm³/mol. The van der Waals surface area contributed by atoms with Gasteiger partial charge in [-0.05, 0) is 18.9 Å².